The van der Waals surface area contributed by atoms with Gasteiger partial charge < -0.3 is 15.1 Å². The lowest BCUT2D eigenvalue weighted by Gasteiger charge is -2.39. The van der Waals surface area contributed by atoms with Crippen LogP contribution in [0.2, 0.25) is 0 Å². The van der Waals surface area contributed by atoms with E-state index >= 15 is 0 Å². The van der Waals surface area contributed by atoms with Crippen molar-refractivity contribution in [2.45, 2.75) is 39.2 Å². The molecule has 1 amide bonds. The first-order valence-electron chi connectivity index (χ1n) is 8.19. The Bertz CT molecular complexity index is 543. The standard InChI is InChI=1S/C15H19N3O.C2H6/c1-2-17-7-6-13-11(8-17)10-4-3-5-12-15(10)18(13)9-14(19)16-12;1-2/h3-5,11,13H,2,6-9H2,1H3,(H,16,19);1-2H3. The molecule has 3 heterocycles. The van der Waals surface area contributed by atoms with Gasteiger partial charge in [-0.1, -0.05) is 32.9 Å². The Morgan fingerprint density at radius 1 is 1.33 bits per heavy atom. The van der Waals surface area contributed by atoms with E-state index in [4.69, 9.17) is 0 Å². The normalized spacial score (nSPS) is 26.4. The maximum atomic E-state index is 11.9. The number of para-hydroxylation sites is 1. The van der Waals surface area contributed by atoms with Gasteiger partial charge in [0.1, 0.15) is 0 Å². The molecule has 1 aromatic rings. The summed E-state index contributed by atoms with van der Waals surface area (Å²) in [5, 5.41) is 3.01. The molecule has 0 aromatic heterocycles. The molecule has 4 heteroatoms. The van der Waals surface area contributed by atoms with E-state index in [-0.39, 0.29) is 5.91 Å². The maximum Gasteiger partial charge on any atom is 0.243 e. The van der Waals surface area contributed by atoms with Gasteiger partial charge in [0, 0.05) is 25.0 Å². The summed E-state index contributed by atoms with van der Waals surface area (Å²) in [6.07, 6.45) is 1.17. The van der Waals surface area contributed by atoms with Gasteiger partial charge in [0.25, 0.3) is 0 Å². The van der Waals surface area contributed by atoms with Gasteiger partial charge in [-0.2, -0.15) is 0 Å². The maximum absolute atomic E-state index is 11.9. The molecule has 0 spiro atoms. The van der Waals surface area contributed by atoms with Crippen molar-refractivity contribution >= 4 is 17.3 Å². The SMILES string of the molecule is CC.CCN1CCC2C(C1)c1cccc3c1N2CC(=O)N3. The number of carbonyl (C=O) groups excluding carboxylic acids is 1. The van der Waals surface area contributed by atoms with Gasteiger partial charge in [-0.3, -0.25) is 4.79 Å². The largest absolute Gasteiger partial charge is 0.357 e. The first-order chi connectivity index (χ1) is 10.3. The predicted octanol–water partition coefficient (Wildman–Crippen LogP) is 2.66. The van der Waals surface area contributed by atoms with Crippen molar-refractivity contribution in [2.24, 2.45) is 0 Å². The third kappa shape index (κ3) is 2.22. The van der Waals surface area contributed by atoms with Crippen molar-refractivity contribution in [1.82, 2.24) is 4.90 Å². The van der Waals surface area contributed by atoms with E-state index in [1.165, 1.54) is 17.7 Å². The van der Waals surface area contributed by atoms with Gasteiger partial charge in [-0.15, -0.1) is 0 Å². The fraction of sp³-hybridized carbons (Fsp3) is 0.588. The molecular formula is C17H25N3O. The van der Waals surface area contributed by atoms with Crippen molar-refractivity contribution in [2.75, 3.05) is 36.4 Å². The van der Waals surface area contributed by atoms with Crippen LogP contribution >= 0.6 is 0 Å². The molecule has 1 fully saturated rings. The predicted molar refractivity (Wildman–Crippen MR) is 87.0 cm³/mol. The topological polar surface area (TPSA) is 35.6 Å². The molecular weight excluding hydrogens is 262 g/mol. The van der Waals surface area contributed by atoms with E-state index in [2.05, 4.69) is 34.2 Å². The second kappa shape index (κ2) is 5.68. The Labute approximate surface area is 127 Å². The minimum absolute atomic E-state index is 0.128. The third-order valence-corrected chi connectivity index (χ3v) is 4.85. The van der Waals surface area contributed by atoms with Gasteiger partial charge in [0.05, 0.1) is 17.9 Å². The van der Waals surface area contributed by atoms with Crippen LogP contribution in [0, 0.1) is 0 Å². The van der Waals surface area contributed by atoms with Gasteiger partial charge >= 0.3 is 0 Å². The van der Waals surface area contributed by atoms with Gasteiger partial charge in [-0.05, 0) is 24.6 Å². The van der Waals surface area contributed by atoms with E-state index in [9.17, 15) is 4.79 Å². The number of benzene rings is 1. The number of likely N-dealkylation sites (N-methyl/N-ethyl adjacent to an activating group) is 1. The summed E-state index contributed by atoms with van der Waals surface area (Å²) < 4.78 is 0. The van der Waals surface area contributed by atoms with Crippen molar-refractivity contribution in [1.29, 1.82) is 0 Å². The quantitative estimate of drug-likeness (QED) is 0.862. The van der Waals surface area contributed by atoms with Gasteiger partial charge in [0.15, 0.2) is 0 Å². The highest BCUT2D eigenvalue weighted by molar-refractivity contribution is 6.03. The summed E-state index contributed by atoms with van der Waals surface area (Å²) in [5.74, 6) is 0.694. The molecule has 1 N–H and O–H groups in total. The van der Waals surface area contributed by atoms with E-state index in [1.807, 2.05) is 19.9 Å². The molecule has 2 unspecified atom stereocenters. The van der Waals surface area contributed by atoms with Crippen LogP contribution < -0.4 is 10.2 Å². The van der Waals surface area contributed by atoms with Crippen LogP contribution in [0.3, 0.4) is 0 Å². The number of nitrogens with one attached hydrogen (secondary N) is 1. The van der Waals surface area contributed by atoms with Gasteiger partial charge in [0.2, 0.25) is 5.91 Å². The number of nitrogens with zero attached hydrogens (tertiary/aromatic N) is 2. The lowest BCUT2D eigenvalue weighted by Crippen LogP contribution is -2.49. The zero-order valence-corrected chi connectivity index (χ0v) is 13.2. The molecule has 4 nitrogen and oxygen atoms in total. The van der Waals surface area contributed by atoms with Crippen molar-refractivity contribution < 1.29 is 4.79 Å². The fourth-order valence-electron chi connectivity index (χ4n) is 3.96. The summed E-state index contributed by atoms with van der Waals surface area (Å²) in [5.41, 5.74) is 3.72. The Kier molecular flexibility index (Phi) is 3.89. The summed E-state index contributed by atoms with van der Waals surface area (Å²) in [6, 6.07) is 6.86. The minimum Gasteiger partial charge on any atom is -0.357 e. The van der Waals surface area contributed by atoms with E-state index in [0.29, 0.717) is 18.5 Å². The number of likely N-dealkylation sites (tertiary alicyclic amines) is 1. The Morgan fingerprint density at radius 3 is 2.90 bits per heavy atom. The number of hydrogen-bond donors (Lipinski definition) is 1. The smallest absolute Gasteiger partial charge is 0.243 e. The highest BCUT2D eigenvalue weighted by Crippen LogP contribution is 2.49. The first-order valence-corrected chi connectivity index (χ1v) is 8.19. The van der Waals surface area contributed by atoms with E-state index in [1.54, 1.807) is 0 Å². The molecule has 0 bridgehead atoms. The molecule has 0 radical (unpaired) electrons. The molecule has 3 aliphatic heterocycles. The Hall–Kier alpha value is -1.55. The van der Waals surface area contributed by atoms with E-state index in [0.717, 1.165) is 25.3 Å². The van der Waals surface area contributed by atoms with Crippen LogP contribution in [0.5, 0.6) is 0 Å². The molecule has 0 saturated carbocycles. The van der Waals surface area contributed by atoms with Crippen LogP contribution in [0.25, 0.3) is 0 Å². The number of anilines is 2. The summed E-state index contributed by atoms with van der Waals surface area (Å²) in [6.45, 7) is 10.2. The Balaban J connectivity index is 0.000000636. The lowest BCUT2D eigenvalue weighted by molar-refractivity contribution is -0.115. The van der Waals surface area contributed by atoms with Crippen LogP contribution in [0.15, 0.2) is 18.2 Å². The van der Waals surface area contributed by atoms with Crippen molar-refractivity contribution in [3.8, 4) is 0 Å². The highest BCUT2D eigenvalue weighted by Gasteiger charge is 2.44. The molecule has 0 aliphatic carbocycles. The molecule has 1 saturated heterocycles. The minimum atomic E-state index is 0.128. The van der Waals surface area contributed by atoms with E-state index < -0.39 is 0 Å². The van der Waals surface area contributed by atoms with Gasteiger partial charge in [-0.25, -0.2) is 0 Å². The third-order valence-electron chi connectivity index (χ3n) is 4.85. The van der Waals surface area contributed by atoms with Crippen LogP contribution in [0.1, 0.15) is 38.7 Å². The monoisotopic (exact) mass is 287 g/mol. The second-order valence-electron chi connectivity index (χ2n) is 5.78. The lowest BCUT2D eigenvalue weighted by atomic mass is 9.89. The number of fused-ring (bicyclic) bond motifs is 3. The second-order valence-corrected chi connectivity index (χ2v) is 5.78. The number of hydrogen-bond acceptors (Lipinski definition) is 3. The average Bonchev–Trinajstić information content (AvgIpc) is 2.84. The Morgan fingerprint density at radius 2 is 2.14 bits per heavy atom. The number of rotatable bonds is 1. The first kappa shape index (κ1) is 14.4. The molecule has 2 atom stereocenters. The highest BCUT2D eigenvalue weighted by atomic mass is 16.2. The zero-order chi connectivity index (χ0) is 15.0. The van der Waals surface area contributed by atoms with Crippen LogP contribution in [0.4, 0.5) is 11.4 Å². The summed E-state index contributed by atoms with van der Waals surface area (Å²) >= 11 is 0. The van der Waals surface area contributed by atoms with Crippen LogP contribution in [-0.4, -0.2) is 43.0 Å². The zero-order valence-electron chi connectivity index (χ0n) is 13.2. The summed E-state index contributed by atoms with van der Waals surface area (Å²) in [4.78, 5) is 16.7. The van der Waals surface area contributed by atoms with Crippen molar-refractivity contribution in [3.05, 3.63) is 23.8 Å². The molecule has 1 aromatic carbocycles. The number of piperidine rings is 1. The van der Waals surface area contributed by atoms with Crippen LogP contribution in [-0.2, 0) is 4.79 Å². The summed E-state index contributed by atoms with van der Waals surface area (Å²) in [7, 11) is 0. The molecule has 21 heavy (non-hydrogen) atoms. The fourth-order valence-corrected chi connectivity index (χ4v) is 3.96. The molecule has 3 aliphatic rings. The number of amides is 1. The molecule has 114 valence electrons. The molecule has 4 rings (SSSR count). The van der Waals surface area contributed by atoms with Crippen molar-refractivity contribution in [3.63, 3.8) is 0 Å². The average molecular weight is 287 g/mol. The number of carbonyl (C=O) groups is 1.